The highest BCUT2D eigenvalue weighted by Crippen LogP contribution is 2.18. The maximum Gasteiger partial charge on any atom is 0.126 e. The fourth-order valence-electron chi connectivity index (χ4n) is 2.23. The highest BCUT2D eigenvalue weighted by Gasteiger charge is 2.15. The molecule has 1 atom stereocenters. The number of hydrogen-bond acceptors (Lipinski definition) is 4. The van der Waals surface area contributed by atoms with Crippen molar-refractivity contribution in [3.63, 3.8) is 0 Å². The van der Waals surface area contributed by atoms with Gasteiger partial charge in [-0.1, -0.05) is 30.4 Å². The van der Waals surface area contributed by atoms with Gasteiger partial charge in [0.2, 0.25) is 0 Å². The molecule has 0 aliphatic carbocycles. The third-order valence-corrected chi connectivity index (χ3v) is 3.25. The van der Waals surface area contributed by atoms with E-state index >= 15 is 0 Å². The third kappa shape index (κ3) is 4.63. The van der Waals surface area contributed by atoms with Crippen LogP contribution in [-0.2, 0) is 9.47 Å². The highest BCUT2D eigenvalue weighted by atomic mass is 16.6. The summed E-state index contributed by atoms with van der Waals surface area (Å²) < 4.78 is 16.4. The van der Waals surface area contributed by atoms with E-state index in [-0.39, 0.29) is 6.10 Å². The Bertz CT molecular complexity index is 427. The highest BCUT2D eigenvalue weighted by molar-refractivity contribution is 5.57. The molecule has 1 aromatic carbocycles. The number of hydrogen-bond donors (Lipinski definition) is 0. The van der Waals surface area contributed by atoms with Gasteiger partial charge >= 0.3 is 0 Å². The Labute approximate surface area is 120 Å². The molecule has 4 heteroatoms. The van der Waals surface area contributed by atoms with Gasteiger partial charge in [0.15, 0.2) is 0 Å². The molecule has 0 saturated carbocycles. The van der Waals surface area contributed by atoms with Crippen molar-refractivity contribution in [3.8, 4) is 5.75 Å². The minimum Gasteiger partial charge on any atom is -0.496 e. The van der Waals surface area contributed by atoms with Gasteiger partial charge in [-0.3, -0.25) is 0 Å². The van der Waals surface area contributed by atoms with Crippen LogP contribution in [0.4, 0.5) is 0 Å². The summed E-state index contributed by atoms with van der Waals surface area (Å²) in [6, 6.07) is 8.01. The summed E-state index contributed by atoms with van der Waals surface area (Å²) in [5.41, 5.74) is 1.10. The van der Waals surface area contributed by atoms with E-state index in [0.717, 1.165) is 24.4 Å². The van der Waals surface area contributed by atoms with E-state index < -0.39 is 0 Å². The van der Waals surface area contributed by atoms with E-state index in [1.165, 1.54) is 0 Å². The maximum absolute atomic E-state index is 5.64. The Balaban J connectivity index is 1.79. The zero-order chi connectivity index (χ0) is 14.2. The molecular formula is C16H23NO3. The normalized spacial score (nSPS) is 19.6. The Kier molecular flexibility index (Phi) is 6.05. The molecule has 1 saturated heterocycles. The molecular weight excluding hydrogens is 254 g/mol. The van der Waals surface area contributed by atoms with Crippen LogP contribution in [0, 0.1) is 0 Å². The molecule has 1 aliphatic rings. The summed E-state index contributed by atoms with van der Waals surface area (Å²) in [5.74, 6) is 0.899. The molecule has 0 radical (unpaired) electrons. The molecule has 1 heterocycles. The summed E-state index contributed by atoms with van der Waals surface area (Å²) in [7, 11) is 3.78. The van der Waals surface area contributed by atoms with Crippen LogP contribution in [0.5, 0.6) is 5.75 Å². The van der Waals surface area contributed by atoms with Gasteiger partial charge in [0.1, 0.15) is 5.75 Å². The Hall–Kier alpha value is -1.36. The smallest absolute Gasteiger partial charge is 0.126 e. The predicted octanol–water partition coefficient (Wildman–Crippen LogP) is 2.06. The van der Waals surface area contributed by atoms with E-state index in [0.29, 0.717) is 19.8 Å². The maximum atomic E-state index is 5.64. The number of ether oxygens (including phenoxy) is 3. The van der Waals surface area contributed by atoms with Gasteiger partial charge in [0, 0.05) is 18.7 Å². The van der Waals surface area contributed by atoms with E-state index in [2.05, 4.69) is 24.1 Å². The molecule has 0 bridgehead atoms. The topological polar surface area (TPSA) is 30.9 Å². The summed E-state index contributed by atoms with van der Waals surface area (Å²) in [6.45, 7) is 3.87. The zero-order valence-electron chi connectivity index (χ0n) is 12.2. The number of methoxy groups -OCH3 is 1. The number of para-hydroxylation sites is 1. The average molecular weight is 277 g/mol. The van der Waals surface area contributed by atoms with Crippen molar-refractivity contribution in [3.05, 3.63) is 35.9 Å². The van der Waals surface area contributed by atoms with Gasteiger partial charge in [0.05, 0.1) is 33.0 Å². The van der Waals surface area contributed by atoms with Crippen LogP contribution in [0.15, 0.2) is 30.3 Å². The first-order valence-corrected chi connectivity index (χ1v) is 6.97. The lowest BCUT2D eigenvalue weighted by molar-refractivity contribution is -0.0950. The molecule has 0 amide bonds. The quantitative estimate of drug-likeness (QED) is 0.796. The molecule has 0 aromatic heterocycles. The zero-order valence-corrected chi connectivity index (χ0v) is 12.2. The monoisotopic (exact) mass is 277 g/mol. The van der Waals surface area contributed by atoms with Crippen molar-refractivity contribution in [1.82, 2.24) is 4.90 Å². The van der Waals surface area contributed by atoms with Crippen LogP contribution in [-0.4, -0.2) is 58.1 Å². The van der Waals surface area contributed by atoms with Crippen molar-refractivity contribution in [2.45, 2.75) is 6.10 Å². The van der Waals surface area contributed by atoms with Gasteiger partial charge in [-0.05, 0) is 13.1 Å². The number of likely N-dealkylation sites (N-methyl/N-ethyl adjacent to an activating group) is 1. The van der Waals surface area contributed by atoms with E-state index in [1.54, 1.807) is 7.11 Å². The van der Waals surface area contributed by atoms with Crippen LogP contribution in [0.1, 0.15) is 5.56 Å². The lowest BCUT2D eigenvalue weighted by Gasteiger charge is -2.26. The number of rotatable bonds is 6. The second-order valence-corrected chi connectivity index (χ2v) is 4.93. The van der Waals surface area contributed by atoms with E-state index in [9.17, 15) is 0 Å². The first-order chi connectivity index (χ1) is 9.79. The van der Waals surface area contributed by atoms with Gasteiger partial charge in [0.25, 0.3) is 0 Å². The SMILES string of the molecule is COc1ccccc1/C=C/CN(C)C[C@H]1COCCO1. The van der Waals surface area contributed by atoms with Crippen molar-refractivity contribution in [2.75, 3.05) is 47.1 Å². The molecule has 1 aromatic rings. The first kappa shape index (κ1) is 15.0. The molecule has 1 aliphatic heterocycles. The minimum absolute atomic E-state index is 0.188. The summed E-state index contributed by atoms with van der Waals surface area (Å²) in [4.78, 5) is 2.23. The van der Waals surface area contributed by atoms with Gasteiger partial charge in [-0.25, -0.2) is 0 Å². The Morgan fingerprint density at radius 3 is 2.95 bits per heavy atom. The van der Waals surface area contributed by atoms with Crippen LogP contribution in [0.2, 0.25) is 0 Å². The molecule has 110 valence electrons. The minimum atomic E-state index is 0.188. The second-order valence-electron chi connectivity index (χ2n) is 4.93. The van der Waals surface area contributed by atoms with Crippen molar-refractivity contribution in [1.29, 1.82) is 0 Å². The Morgan fingerprint density at radius 1 is 1.35 bits per heavy atom. The molecule has 4 nitrogen and oxygen atoms in total. The molecule has 2 rings (SSSR count). The summed E-state index contributed by atoms with van der Waals surface area (Å²) in [6.07, 6.45) is 4.42. The first-order valence-electron chi connectivity index (χ1n) is 6.97. The van der Waals surface area contributed by atoms with Crippen molar-refractivity contribution < 1.29 is 14.2 Å². The van der Waals surface area contributed by atoms with Gasteiger partial charge in [-0.2, -0.15) is 0 Å². The fourth-order valence-corrected chi connectivity index (χ4v) is 2.23. The van der Waals surface area contributed by atoms with Crippen LogP contribution in [0.3, 0.4) is 0 Å². The Morgan fingerprint density at radius 2 is 2.20 bits per heavy atom. The second kappa shape index (κ2) is 8.04. The summed E-state index contributed by atoms with van der Waals surface area (Å²) >= 11 is 0. The standard InChI is InChI=1S/C16H23NO3/c1-17(12-15-13-19-10-11-20-15)9-5-7-14-6-3-4-8-16(14)18-2/h3-8,15H,9-13H2,1-2H3/b7-5+/t15-/m0/s1. The molecule has 20 heavy (non-hydrogen) atoms. The average Bonchev–Trinajstić information content (AvgIpc) is 2.49. The van der Waals surface area contributed by atoms with Crippen LogP contribution in [0.25, 0.3) is 6.08 Å². The van der Waals surface area contributed by atoms with Crippen molar-refractivity contribution >= 4 is 6.08 Å². The predicted molar refractivity (Wildman–Crippen MR) is 80.1 cm³/mol. The lowest BCUT2D eigenvalue weighted by Crippen LogP contribution is -2.38. The third-order valence-electron chi connectivity index (χ3n) is 3.25. The van der Waals surface area contributed by atoms with Gasteiger partial charge < -0.3 is 19.1 Å². The van der Waals surface area contributed by atoms with E-state index in [1.807, 2.05) is 24.3 Å². The molecule has 0 spiro atoms. The van der Waals surface area contributed by atoms with Crippen molar-refractivity contribution in [2.24, 2.45) is 0 Å². The van der Waals surface area contributed by atoms with E-state index in [4.69, 9.17) is 14.2 Å². The molecule has 0 unspecified atom stereocenters. The van der Waals surface area contributed by atoms with Gasteiger partial charge in [-0.15, -0.1) is 0 Å². The fraction of sp³-hybridized carbons (Fsp3) is 0.500. The number of nitrogens with zero attached hydrogens (tertiary/aromatic N) is 1. The lowest BCUT2D eigenvalue weighted by atomic mass is 10.2. The van der Waals surface area contributed by atoms with Crippen LogP contribution < -0.4 is 4.74 Å². The van der Waals surface area contributed by atoms with Crippen LogP contribution >= 0.6 is 0 Å². The summed E-state index contributed by atoms with van der Waals surface area (Å²) in [5, 5.41) is 0. The molecule has 1 fully saturated rings. The molecule has 0 N–H and O–H groups in total. The number of benzene rings is 1. The largest absolute Gasteiger partial charge is 0.496 e.